The molecule has 0 rings (SSSR count). The van der Waals surface area contributed by atoms with E-state index < -0.39 is 0 Å². The topological polar surface area (TPSA) is 50.4 Å². The van der Waals surface area contributed by atoms with Gasteiger partial charge in [0.15, 0.2) is 0 Å². The average Bonchev–Trinajstić information content (AvgIpc) is 2.27. The number of hydrogen-bond donors (Lipinski definition) is 2. The van der Waals surface area contributed by atoms with Crippen LogP contribution in [0.5, 0.6) is 0 Å². The van der Waals surface area contributed by atoms with Gasteiger partial charge in [0.2, 0.25) is 5.91 Å². The Labute approximate surface area is 103 Å². The highest BCUT2D eigenvalue weighted by Crippen LogP contribution is 2.03. The van der Waals surface area contributed by atoms with Gasteiger partial charge in [0, 0.05) is 19.7 Å². The van der Waals surface area contributed by atoms with Gasteiger partial charge in [-0.2, -0.15) is 11.8 Å². The van der Waals surface area contributed by atoms with E-state index in [0.29, 0.717) is 25.7 Å². The van der Waals surface area contributed by atoms with Crippen molar-refractivity contribution in [3.63, 3.8) is 0 Å². The van der Waals surface area contributed by atoms with Crippen LogP contribution in [0, 0.1) is 0 Å². The van der Waals surface area contributed by atoms with Crippen LogP contribution >= 0.6 is 11.8 Å². The van der Waals surface area contributed by atoms with E-state index in [-0.39, 0.29) is 5.91 Å². The van der Waals surface area contributed by atoms with Crippen LogP contribution < -0.4 is 10.6 Å². The van der Waals surface area contributed by atoms with E-state index in [0.717, 1.165) is 17.9 Å². The Kier molecular flexibility index (Phi) is 11.0. The fraction of sp³-hybridized carbons (Fsp3) is 0.909. The van der Waals surface area contributed by atoms with Crippen molar-refractivity contribution in [2.45, 2.75) is 26.3 Å². The first kappa shape index (κ1) is 15.7. The van der Waals surface area contributed by atoms with Gasteiger partial charge in [-0.3, -0.25) is 4.79 Å². The summed E-state index contributed by atoms with van der Waals surface area (Å²) >= 11 is 1.93. The normalized spacial score (nSPS) is 12.4. The Morgan fingerprint density at radius 3 is 2.88 bits per heavy atom. The number of carbonyl (C=O) groups excluding carboxylic acids is 1. The summed E-state index contributed by atoms with van der Waals surface area (Å²) in [5.74, 6) is 2.34. The third-order valence-corrected chi connectivity index (χ3v) is 3.07. The highest BCUT2D eigenvalue weighted by Gasteiger charge is 2.04. The van der Waals surface area contributed by atoms with Crippen LogP contribution in [-0.2, 0) is 9.53 Å². The number of ether oxygens (including phenoxy) is 1. The fourth-order valence-electron chi connectivity index (χ4n) is 1.13. The maximum absolute atomic E-state index is 11.3. The van der Waals surface area contributed by atoms with Crippen LogP contribution in [0.3, 0.4) is 0 Å². The summed E-state index contributed by atoms with van der Waals surface area (Å²) in [6.45, 7) is 5.80. The van der Waals surface area contributed by atoms with Gasteiger partial charge in [-0.1, -0.05) is 6.92 Å². The van der Waals surface area contributed by atoms with Crippen LogP contribution in [0.1, 0.15) is 20.3 Å². The summed E-state index contributed by atoms with van der Waals surface area (Å²) in [5.41, 5.74) is 0. The van der Waals surface area contributed by atoms with Crippen molar-refractivity contribution in [1.82, 2.24) is 10.6 Å². The Morgan fingerprint density at radius 2 is 2.25 bits per heavy atom. The largest absolute Gasteiger partial charge is 0.383 e. The molecule has 16 heavy (non-hydrogen) atoms. The predicted octanol–water partition coefficient (Wildman–Crippen LogP) is 0.870. The minimum Gasteiger partial charge on any atom is -0.383 e. The second-order valence-corrected chi connectivity index (χ2v) is 5.00. The molecule has 0 radical (unpaired) electrons. The molecule has 0 aromatic rings. The summed E-state index contributed by atoms with van der Waals surface area (Å²) in [7, 11) is 1.62. The lowest BCUT2D eigenvalue weighted by molar-refractivity contribution is -0.120. The molecule has 0 aromatic carbocycles. The Hall–Kier alpha value is -0.260. The number of hydrogen-bond acceptors (Lipinski definition) is 4. The number of nitrogens with one attached hydrogen (secondary N) is 2. The molecule has 96 valence electrons. The second kappa shape index (κ2) is 11.2. The maximum Gasteiger partial charge on any atom is 0.234 e. The molecule has 0 aliphatic rings. The molecule has 0 bridgehead atoms. The molecule has 5 heteroatoms. The Morgan fingerprint density at radius 1 is 1.50 bits per heavy atom. The quantitative estimate of drug-likeness (QED) is 0.563. The van der Waals surface area contributed by atoms with Gasteiger partial charge in [0.05, 0.1) is 13.2 Å². The maximum atomic E-state index is 11.3. The fourth-order valence-corrected chi connectivity index (χ4v) is 1.94. The highest BCUT2D eigenvalue weighted by atomic mass is 32.2. The third kappa shape index (κ3) is 10.3. The first-order valence-corrected chi connectivity index (χ1v) is 6.93. The van der Waals surface area contributed by atoms with Gasteiger partial charge < -0.3 is 15.4 Å². The molecule has 0 saturated carbocycles. The van der Waals surface area contributed by atoms with Crippen molar-refractivity contribution in [3.8, 4) is 0 Å². The molecule has 0 aromatic heterocycles. The van der Waals surface area contributed by atoms with Crippen LogP contribution in [-0.4, -0.2) is 50.3 Å². The molecule has 2 N–H and O–H groups in total. The second-order valence-electron chi connectivity index (χ2n) is 3.61. The van der Waals surface area contributed by atoms with E-state index in [1.54, 1.807) is 7.11 Å². The van der Waals surface area contributed by atoms with Gasteiger partial charge in [-0.25, -0.2) is 0 Å². The average molecular weight is 248 g/mol. The number of carbonyl (C=O) groups is 1. The zero-order valence-corrected chi connectivity index (χ0v) is 11.4. The Bertz CT molecular complexity index is 179. The molecule has 0 saturated heterocycles. The minimum absolute atomic E-state index is 0.0343. The van der Waals surface area contributed by atoms with Crippen molar-refractivity contribution >= 4 is 17.7 Å². The summed E-state index contributed by atoms with van der Waals surface area (Å²) in [6.07, 6.45) is 1.10. The lowest BCUT2D eigenvalue weighted by atomic mass is 10.2. The van der Waals surface area contributed by atoms with Crippen molar-refractivity contribution in [2.24, 2.45) is 0 Å². The van der Waals surface area contributed by atoms with Gasteiger partial charge in [0.25, 0.3) is 0 Å². The zero-order chi connectivity index (χ0) is 12.2. The van der Waals surface area contributed by atoms with E-state index in [1.165, 1.54) is 0 Å². The molecule has 0 fully saturated rings. The molecule has 0 spiro atoms. The van der Waals surface area contributed by atoms with Crippen molar-refractivity contribution in [1.29, 1.82) is 0 Å². The predicted molar refractivity (Wildman–Crippen MR) is 70.0 cm³/mol. The molecular formula is C11H24N2O2S. The number of methoxy groups -OCH3 is 1. The van der Waals surface area contributed by atoms with Crippen molar-refractivity contribution in [3.05, 3.63) is 0 Å². The number of rotatable bonds is 10. The smallest absolute Gasteiger partial charge is 0.234 e. The van der Waals surface area contributed by atoms with E-state index in [4.69, 9.17) is 4.74 Å². The van der Waals surface area contributed by atoms with Crippen LogP contribution in [0.2, 0.25) is 0 Å². The molecule has 1 unspecified atom stereocenters. The molecule has 1 atom stereocenters. The van der Waals surface area contributed by atoms with Gasteiger partial charge in [-0.05, 0) is 24.9 Å². The first-order valence-electron chi connectivity index (χ1n) is 5.77. The molecule has 0 aliphatic heterocycles. The minimum atomic E-state index is 0.0343. The monoisotopic (exact) mass is 248 g/mol. The lowest BCUT2D eigenvalue weighted by Gasteiger charge is -2.13. The first-order chi connectivity index (χ1) is 7.70. The van der Waals surface area contributed by atoms with E-state index in [9.17, 15) is 4.79 Å². The number of thioether (sulfide) groups is 1. The zero-order valence-electron chi connectivity index (χ0n) is 10.5. The van der Waals surface area contributed by atoms with E-state index >= 15 is 0 Å². The van der Waals surface area contributed by atoms with Gasteiger partial charge >= 0.3 is 0 Å². The van der Waals surface area contributed by atoms with Crippen LogP contribution in [0.15, 0.2) is 0 Å². The van der Waals surface area contributed by atoms with E-state index in [1.807, 2.05) is 11.8 Å². The standard InChI is InChI=1S/C11H24N2O2S/c1-4-16-8-5-10(2)13-9-11(14)12-6-7-15-3/h10,13H,4-9H2,1-3H3,(H,12,14). The van der Waals surface area contributed by atoms with Gasteiger partial charge in [-0.15, -0.1) is 0 Å². The molecule has 0 heterocycles. The summed E-state index contributed by atoms with van der Waals surface area (Å²) in [6, 6.07) is 0.396. The molecule has 0 aliphatic carbocycles. The van der Waals surface area contributed by atoms with Gasteiger partial charge in [0.1, 0.15) is 0 Å². The summed E-state index contributed by atoms with van der Waals surface area (Å²) < 4.78 is 4.85. The molecule has 4 nitrogen and oxygen atoms in total. The summed E-state index contributed by atoms with van der Waals surface area (Å²) in [4.78, 5) is 11.3. The van der Waals surface area contributed by atoms with Crippen molar-refractivity contribution in [2.75, 3.05) is 38.3 Å². The molecular weight excluding hydrogens is 224 g/mol. The van der Waals surface area contributed by atoms with Crippen LogP contribution in [0.25, 0.3) is 0 Å². The lowest BCUT2D eigenvalue weighted by Crippen LogP contribution is -2.39. The van der Waals surface area contributed by atoms with E-state index in [2.05, 4.69) is 24.5 Å². The number of amides is 1. The molecule has 1 amide bonds. The Balaban J connectivity index is 3.36. The third-order valence-electron chi connectivity index (χ3n) is 2.14. The SMILES string of the molecule is CCSCCC(C)NCC(=O)NCCOC. The highest BCUT2D eigenvalue weighted by molar-refractivity contribution is 7.99. The summed E-state index contributed by atoms with van der Waals surface area (Å²) in [5, 5.41) is 5.98. The van der Waals surface area contributed by atoms with Crippen molar-refractivity contribution < 1.29 is 9.53 Å². The van der Waals surface area contributed by atoms with Crippen LogP contribution in [0.4, 0.5) is 0 Å².